The van der Waals surface area contributed by atoms with Gasteiger partial charge in [0.25, 0.3) is 5.91 Å². The minimum Gasteiger partial charge on any atom is -0.351 e. The van der Waals surface area contributed by atoms with Crippen LogP contribution < -0.4 is 5.32 Å². The van der Waals surface area contributed by atoms with Crippen LogP contribution in [0, 0.1) is 12.3 Å². The van der Waals surface area contributed by atoms with Crippen molar-refractivity contribution in [1.82, 2.24) is 5.32 Å². The lowest BCUT2D eigenvalue weighted by atomic mass is 9.88. The van der Waals surface area contributed by atoms with Crippen molar-refractivity contribution in [2.24, 2.45) is 5.41 Å². The van der Waals surface area contributed by atoms with Gasteiger partial charge in [-0.3, -0.25) is 4.79 Å². The lowest BCUT2D eigenvalue weighted by molar-refractivity contribution is 0.0935. The van der Waals surface area contributed by atoms with Gasteiger partial charge in [-0.15, -0.1) is 11.6 Å². The fraction of sp³-hybridized carbons (Fsp3) is 0.533. The van der Waals surface area contributed by atoms with Crippen molar-refractivity contribution in [3.05, 3.63) is 34.3 Å². The molecule has 104 valence electrons. The summed E-state index contributed by atoms with van der Waals surface area (Å²) in [4.78, 5) is 12.1. The quantitative estimate of drug-likeness (QED) is 0.830. The zero-order valence-electron chi connectivity index (χ0n) is 11.1. The molecule has 0 aliphatic heterocycles. The van der Waals surface area contributed by atoms with Crippen LogP contribution in [-0.2, 0) is 0 Å². The zero-order chi connectivity index (χ0) is 13.9. The van der Waals surface area contributed by atoms with E-state index in [0.29, 0.717) is 23.0 Å². The molecule has 0 radical (unpaired) electrons. The first-order valence-electron chi connectivity index (χ1n) is 6.67. The first-order chi connectivity index (χ1) is 9.06. The van der Waals surface area contributed by atoms with E-state index < -0.39 is 0 Å². The van der Waals surface area contributed by atoms with Gasteiger partial charge in [-0.1, -0.05) is 30.5 Å². The summed E-state index contributed by atoms with van der Waals surface area (Å²) in [5.41, 5.74) is 1.68. The molecule has 1 N–H and O–H groups in total. The Hall–Kier alpha value is -0.730. The van der Waals surface area contributed by atoms with E-state index in [-0.39, 0.29) is 11.3 Å². The molecule has 1 saturated carbocycles. The summed E-state index contributed by atoms with van der Waals surface area (Å²) in [6.45, 7) is 2.58. The predicted octanol–water partition coefficient (Wildman–Crippen LogP) is 4.18. The Bertz CT molecular complexity index is 467. The Balaban J connectivity index is 1.99. The van der Waals surface area contributed by atoms with Crippen molar-refractivity contribution in [3.8, 4) is 0 Å². The molecule has 2 nitrogen and oxygen atoms in total. The van der Waals surface area contributed by atoms with Gasteiger partial charge in [0.1, 0.15) is 0 Å². The molecule has 19 heavy (non-hydrogen) atoms. The standard InChI is InChI=1S/C15H19Cl2NO/c1-11-4-5-12(8-13(11)17)14(19)18-10-15(9-16)6-2-3-7-15/h4-5,8H,2-3,6-7,9-10H2,1H3,(H,18,19). The molecule has 0 atom stereocenters. The molecule has 1 aliphatic rings. The van der Waals surface area contributed by atoms with Crippen LogP contribution in [0.4, 0.5) is 0 Å². The predicted molar refractivity (Wildman–Crippen MR) is 80.1 cm³/mol. The van der Waals surface area contributed by atoms with Gasteiger partial charge < -0.3 is 5.32 Å². The van der Waals surface area contributed by atoms with Crippen molar-refractivity contribution < 1.29 is 4.79 Å². The summed E-state index contributed by atoms with van der Waals surface area (Å²) in [6.07, 6.45) is 4.62. The number of rotatable bonds is 4. The van der Waals surface area contributed by atoms with E-state index in [1.807, 2.05) is 13.0 Å². The molecule has 4 heteroatoms. The molecule has 0 unspecified atom stereocenters. The molecule has 2 rings (SSSR count). The number of carbonyl (C=O) groups excluding carboxylic acids is 1. The van der Waals surface area contributed by atoms with Gasteiger partial charge in [-0.25, -0.2) is 0 Å². The van der Waals surface area contributed by atoms with Crippen LogP contribution in [0.1, 0.15) is 41.6 Å². The second kappa shape index (κ2) is 6.15. The van der Waals surface area contributed by atoms with Crippen molar-refractivity contribution in [3.63, 3.8) is 0 Å². The van der Waals surface area contributed by atoms with Crippen molar-refractivity contribution in [1.29, 1.82) is 0 Å². The Morgan fingerprint density at radius 2 is 2.05 bits per heavy atom. The summed E-state index contributed by atoms with van der Waals surface area (Å²) in [5.74, 6) is 0.542. The SMILES string of the molecule is Cc1ccc(C(=O)NCC2(CCl)CCCC2)cc1Cl. The minimum absolute atomic E-state index is 0.0710. The van der Waals surface area contributed by atoms with Gasteiger partial charge in [0, 0.05) is 28.4 Å². The molecular weight excluding hydrogens is 281 g/mol. The number of amides is 1. The smallest absolute Gasteiger partial charge is 0.251 e. The Morgan fingerprint density at radius 1 is 1.37 bits per heavy atom. The topological polar surface area (TPSA) is 29.1 Å². The summed E-state index contributed by atoms with van der Waals surface area (Å²) in [6, 6.07) is 5.39. The number of hydrogen-bond donors (Lipinski definition) is 1. The van der Waals surface area contributed by atoms with E-state index >= 15 is 0 Å². The highest BCUT2D eigenvalue weighted by atomic mass is 35.5. The number of carbonyl (C=O) groups is 1. The maximum Gasteiger partial charge on any atom is 0.251 e. The number of nitrogens with one attached hydrogen (secondary N) is 1. The molecule has 0 spiro atoms. The van der Waals surface area contributed by atoms with Gasteiger partial charge in [0.05, 0.1) is 0 Å². The highest BCUT2D eigenvalue weighted by Gasteiger charge is 2.33. The zero-order valence-corrected chi connectivity index (χ0v) is 12.7. The highest BCUT2D eigenvalue weighted by molar-refractivity contribution is 6.31. The van der Waals surface area contributed by atoms with Crippen molar-refractivity contribution in [2.45, 2.75) is 32.6 Å². The fourth-order valence-electron chi connectivity index (χ4n) is 2.59. The Kier molecular flexibility index (Phi) is 4.75. The van der Waals surface area contributed by atoms with Crippen LogP contribution in [0.25, 0.3) is 0 Å². The summed E-state index contributed by atoms with van der Waals surface area (Å²) in [7, 11) is 0. The van der Waals surface area contributed by atoms with Crippen LogP contribution in [0.3, 0.4) is 0 Å². The van der Waals surface area contributed by atoms with Gasteiger partial charge in [-0.05, 0) is 37.5 Å². The number of alkyl halides is 1. The average molecular weight is 300 g/mol. The molecule has 1 amide bonds. The Morgan fingerprint density at radius 3 is 2.63 bits per heavy atom. The third-order valence-electron chi connectivity index (χ3n) is 4.01. The monoisotopic (exact) mass is 299 g/mol. The molecule has 0 bridgehead atoms. The van der Waals surface area contributed by atoms with Gasteiger partial charge in [-0.2, -0.15) is 0 Å². The first-order valence-corrected chi connectivity index (χ1v) is 7.58. The first kappa shape index (κ1) is 14.7. The van der Waals surface area contributed by atoms with E-state index in [0.717, 1.165) is 18.4 Å². The van der Waals surface area contributed by atoms with E-state index in [1.165, 1.54) is 12.8 Å². The maximum absolute atomic E-state index is 12.1. The number of hydrogen-bond acceptors (Lipinski definition) is 1. The number of halogens is 2. The molecule has 1 fully saturated rings. The average Bonchev–Trinajstić information content (AvgIpc) is 2.89. The maximum atomic E-state index is 12.1. The highest BCUT2D eigenvalue weighted by Crippen LogP contribution is 2.38. The van der Waals surface area contributed by atoms with Crippen LogP contribution in [0.5, 0.6) is 0 Å². The molecule has 1 aromatic carbocycles. The van der Waals surface area contributed by atoms with Crippen molar-refractivity contribution >= 4 is 29.1 Å². The Labute approximate surface area is 124 Å². The second-order valence-electron chi connectivity index (χ2n) is 5.49. The molecule has 0 heterocycles. The lowest BCUT2D eigenvalue weighted by Crippen LogP contribution is -2.37. The van der Waals surface area contributed by atoms with Crippen LogP contribution in [0.2, 0.25) is 5.02 Å². The van der Waals surface area contributed by atoms with Gasteiger partial charge >= 0.3 is 0 Å². The fourth-order valence-corrected chi connectivity index (χ4v) is 3.13. The van der Waals surface area contributed by atoms with E-state index in [4.69, 9.17) is 23.2 Å². The van der Waals surface area contributed by atoms with Crippen LogP contribution in [-0.4, -0.2) is 18.3 Å². The third kappa shape index (κ3) is 3.43. The molecule has 0 saturated heterocycles. The number of benzene rings is 1. The molecule has 1 aromatic rings. The van der Waals surface area contributed by atoms with Crippen LogP contribution >= 0.6 is 23.2 Å². The van der Waals surface area contributed by atoms with Crippen LogP contribution in [0.15, 0.2) is 18.2 Å². The van der Waals surface area contributed by atoms with E-state index in [9.17, 15) is 4.79 Å². The second-order valence-corrected chi connectivity index (χ2v) is 6.16. The van der Waals surface area contributed by atoms with Gasteiger partial charge in [0.15, 0.2) is 0 Å². The molecule has 1 aliphatic carbocycles. The molecular formula is C15H19Cl2NO. The minimum atomic E-state index is -0.0710. The van der Waals surface area contributed by atoms with Gasteiger partial charge in [0.2, 0.25) is 0 Å². The summed E-state index contributed by atoms with van der Waals surface area (Å²) in [5, 5.41) is 3.62. The van der Waals surface area contributed by atoms with E-state index in [1.54, 1.807) is 12.1 Å². The van der Waals surface area contributed by atoms with Crippen molar-refractivity contribution in [2.75, 3.05) is 12.4 Å². The summed E-state index contributed by atoms with van der Waals surface area (Å²) < 4.78 is 0. The third-order valence-corrected chi connectivity index (χ3v) is 4.98. The largest absolute Gasteiger partial charge is 0.351 e. The molecule has 0 aromatic heterocycles. The number of aryl methyl sites for hydroxylation is 1. The normalized spacial score (nSPS) is 17.4. The van der Waals surface area contributed by atoms with E-state index in [2.05, 4.69) is 5.32 Å². The lowest BCUT2D eigenvalue weighted by Gasteiger charge is -2.26. The summed E-state index contributed by atoms with van der Waals surface area (Å²) >= 11 is 12.1.